The van der Waals surface area contributed by atoms with Crippen molar-refractivity contribution in [1.82, 2.24) is 10.2 Å². The summed E-state index contributed by atoms with van der Waals surface area (Å²) in [6.07, 6.45) is 3.21. The Labute approximate surface area is 199 Å². The lowest BCUT2D eigenvalue weighted by atomic mass is 9.51. The van der Waals surface area contributed by atoms with E-state index in [0.29, 0.717) is 18.7 Å². The highest BCUT2D eigenvalue weighted by molar-refractivity contribution is 5.94. The molecule has 6 nitrogen and oxygen atoms in total. The molecule has 2 aliphatic rings. The van der Waals surface area contributed by atoms with Gasteiger partial charge in [-0.05, 0) is 87.0 Å². The average molecular weight is 459 g/mol. The number of benzene rings is 1. The summed E-state index contributed by atoms with van der Waals surface area (Å²) in [6, 6.07) is 7.13. The van der Waals surface area contributed by atoms with Crippen molar-refractivity contribution >= 4 is 11.8 Å². The van der Waals surface area contributed by atoms with Crippen LogP contribution in [0.4, 0.5) is 0 Å². The molecule has 0 aromatic heterocycles. The molecule has 3 rings (SSSR count). The third kappa shape index (κ3) is 5.06. The first kappa shape index (κ1) is 25.5. The number of methoxy groups -OCH3 is 1. The number of aliphatic hydroxyl groups excluding tert-OH is 1. The van der Waals surface area contributed by atoms with Crippen LogP contribution in [0.25, 0.3) is 0 Å². The number of hydrogen-bond acceptors (Lipinski definition) is 4. The molecule has 0 bridgehead atoms. The second kappa shape index (κ2) is 10.5. The summed E-state index contributed by atoms with van der Waals surface area (Å²) in [5.41, 5.74) is 0.645. The Morgan fingerprint density at radius 3 is 2.36 bits per heavy atom. The largest absolute Gasteiger partial charge is 0.497 e. The van der Waals surface area contributed by atoms with Crippen LogP contribution in [-0.2, 0) is 4.79 Å². The van der Waals surface area contributed by atoms with Gasteiger partial charge >= 0.3 is 0 Å². The standard InChI is InChI=1S/C27H42N2O4/c1-7-29(8-2)26(32)17(3)21-13-15-27(5)16-14-22(18(4)23(27)24(21)30)28-25(31)19-9-11-20(33-6)12-10-19/h9-12,17-18,21-24,30H,7-8,13-16H2,1-6H3,(H,28,31)/t17-,18+,21-,22-,23+,24-,27-/m0/s1. The molecule has 6 heteroatoms. The Balaban J connectivity index is 1.74. The van der Waals surface area contributed by atoms with Crippen molar-refractivity contribution in [2.24, 2.45) is 29.1 Å². The van der Waals surface area contributed by atoms with Gasteiger partial charge in [-0.2, -0.15) is 0 Å². The third-order valence-corrected chi connectivity index (χ3v) is 8.66. The number of ether oxygens (including phenoxy) is 1. The molecule has 2 fully saturated rings. The Morgan fingerprint density at radius 1 is 1.18 bits per heavy atom. The first-order chi connectivity index (χ1) is 15.7. The van der Waals surface area contributed by atoms with Gasteiger partial charge in [0.25, 0.3) is 5.91 Å². The summed E-state index contributed by atoms with van der Waals surface area (Å²) in [7, 11) is 1.61. The fraction of sp³-hybridized carbons (Fsp3) is 0.704. The fourth-order valence-electron chi connectivity index (χ4n) is 6.50. The zero-order valence-electron chi connectivity index (χ0n) is 21.1. The van der Waals surface area contributed by atoms with Crippen LogP contribution in [0.3, 0.4) is 0 Å². The molecule has 7 atom stereocenters. The SMILES string of the molecule is CCN(CC)C(=O)[C@@H](C)[C@@H]1CC[C@@]2(C)CC[C@H](NC(=O)c3ccc(OC)cc3)[C@@H](C)[C@@H]2[C@H]1O. The van der Waals surface area contributed by atoms with Crippen LogP contribution in [0.5, 0.6) is 5.75 Å². The van der Waals surface area contributed by atoms with Crippen molar-refractivity contribution in [1.29, 1.82) is 0 Å². The second-order valence-corrected chi connectivity index (χ2v) is 10.4. The molecule has 2 amide bonds. The van der Waals surface area contributed by atoms with E-state index < -0.39 is 6.10 Å². The van der Waals surface area contributed by atoms with E-state index in [0.717, 1.165) is 31.4 Å². The average Bonchev–Trinajstić information content (AvgIpc) is 2.81. The molecule has 33 heavy (non-hydrogen) atoms. The third-order valence-electron chi connectivity index (χ3n) is 8.66. The van der Waals surface area contributed by atoms with Crippen LogP contribution in [0, 0.1) is 29.1 Å². The number of hydrogen-bond donors (Lipinski definition) is 2. The van der Waals surface area contributed by atoms with Crippen LogP contribution < -0.4 is 10.1 Å². The van der Waals surface area contributed by atoms with Gasteiger partial charge in [-0.3, -0.25) is 9.59 Å². The van der Waals surface area contributed by atoms with E-state index in [1.165, 1.54) is 0 Å². The first-order valence-corrected chi connectivity index (χ1v) is 12.6. The molecule has 184 valence electrons. The predicted molar refractivity (Wildman–Crippen MR) is 130 cm³/mol. The van der Waals surface area contributed by atoms with Gasteiger partial charge < -0.3 is 20.1 Å². The fourth-order valence-corrected chi connectivity index (χ4v) is 6.50. The van der Waals surface area contributed by atoms with Crippen LogP contribution in [-0.4, -0.2) is 54.2 Å². The first-order valence-electron chi connectivity index (χ1n) is 12.6. The molecule has 1 aromatic carbocycles. The Bertz CT molecular complexity index is 822. The summed E-state index contributed by atoms with van der Waals surface area (Å²) in [5.74, 6) is 0.696. The lowest BCUT2D eigenvalue weighted by molar-refractivity contribution is -0.149. The highest BCUT2D eigenvalue weighted by atomic mass is 16.5. The van der Waals surface area contributed by atoms with Crippen molar-refractivity contribution in [2.45, 2.75) is 72.4 Å². The Morgan fingerprint density at radius 2 is 1.79 bits per heavy atom. The molecule has 2 aliphatic carbocycles. The number of carbonyl (C=O) groups excluding carboxylic acids is 2. The second-order valence-electron chi connectivity index (χ2n) is 10.4. The Hall–Kier alpha value is -2.08. The van der Waals surface area contributed by atoms with Gasteiger partial charge in [0.1, 0.15) is 5.75 Å². The van der Waals surface area contributed by atoms with Crippen LogP contribution >= 0.6 is 0 Å². The molecule has 0 spiro atoms. The minimum absolute atomic E-state index is 0.000124. The van der Waals surface area contributed by atoms with Crippen molar-refractivity contribution in [2.75, 3.05) is 20.2 Å². The maximum absolute atomic E-state index is 13.0. The van der Waals surface area contributed by atoms with Gasteiger partial charge in [-0.25, -0.2) is 0 Å². The van der Waals surface area contributed by atoms with Gasteiger partial charge in [0.15, 0.2) is 0 Å². The van der Waals surface area contributed by atoms with Gasteiger partial charge in [-0.15, -0.1) is 0 Å². The number of fused-ring (bicyclic) bond motifs is 1. The number of carbonyl (C=O) groups is 2. The van der Waals surface area contributed by atoms with Gasteiger partial charge in [0, 0.05) is 30.6 Å². The molecule has 2 N–H and O–H groups in total. The van der Waals surface area contributed by atoms with E-state index in [4.69, 9.17) is 4.74 Å². The maximum atomic E-state index is 13.0. The van der Waals surface area contributed by atoms with Gasteiger partial charge in [-0.1, -0.05) is 20.8 Å². The van der Waals surface area contributed by atoms with Crippen molar-refractivity contribution in [3.63, 3.8) is 0 Å². The van der Waals surface area contributed by atoms with Crippen LogP contribution in [0.1, 0.15) is 70.7 Å². The van der Waals surface area contributed by atoms with E-state index in [-0.39, 0.29) is 46.9 Å². The lowest BCUT2D eigenvalue weighted by Crippen LogP contribution is -2.58. The zero-order chi connectivity index (χ0) is 24.3. The van der Waals surface area contributed by atoms with Gasteiger partial charge in [0.2, 0.25) is 5.91 Å². The molecule has 0 heterocycles. The molecule has 2 saturated carbocycles. The lowest BCUT2D eigenvalue weighted by Gasteiger charge is -2.56. The van der Waals surface area contributed by atoms with E-state index in [2.05, 4.69) is 19.2 Å². The van der Waals surface area contributed by atoms with E-state index >= 15 is 0 Å². The number of amides is 2. The summed E-state index contributed by atoms with van der Waals surface area (Å²) in [6.45, 7) is 11.8. The highest BCUT2D eigenvalue weighted by Gasteiger charge is 2.54. The number of nitrogens with one attached hydrogen (secondary N) is 1. The quantitative estimate of drug-likeness (QED) is 0.644. The van der Waals surface area contributed by atoms with E-state index in [1.54, 1.807) is 31.4 Å². The Kier molecular flexibility index (Phi) is 8.09. The number of aliphatic hydroxyl groups is 1. The van der Waals surface area contributed by atoms with Crippen molar-refractivity contribution < 1.29 is 19.4 Å². The highest BCUT2D eigenvalue weighted by Crippen LogP contribution is 2.55. The molecular weight excluding hydrogens is 416 g/mol. The molecule has 1 aromatic rings. The van der Waals surface area contributed by atoms with E-state index in [9.17, 15) is 14.7 Å². The topological polar surface area (TPSA) is 78.9 Å². The summed E-state index contributed by atoms with van der Waals surface area (Å²) >= 11 is 0. The van der Waals surface area contributed by atoms with Crippen LogP contribution in [0.2, 0.25) is 0 Å². The number of rotatable bonds is 7. The smallest absolute Gasteiger partial charge is 0.251 e. The predicted octanol–water partition coefficient (Wildman–Crippen LogP) is 4.12. The minimum atomic E-state index is -0.547. The normalized spacial score (nSPS) is 32.4. The molecular formula is C27H42N2O4. The monoisotopic (exact) mass is 458 g/mol. The zero-order valence-corrected chi connectivity index (χ0v) is 21.1. The molecule has 0 aliphatic heterocycles. The molecule has 0 radical (unpaired) electrons. The summed E-state index contributed by atoms with van der Waals surface area (Å²) in [4.78, 5) is 27.8. The van der Waals surface area contributed by atoms with Crippen LogP contribution in [0.15, 0.2) is 24.3 Å². The van der Waals surface area contributed by atoms with Gasteiger partial charge in [0.05, 0.1) is 13.2 Å². The van der Waals surface area contributed by atoms with Crippen molar-refractivity contribution in [3.05, 3.63) is 29.8 Å². The summed E-state index contributed by atoms with van der Waals surface area (Å²) < 4.78 is 5.19. The maximum Gasteiger partial charge on any atom is 0.251 e. The molecule has 0 unspecified atom stereocenters. The van der Waals surface area contributed by atoms with E-state index in [1.807, 2.05) is 25.7 Å². The molecule has 0 saturated heterocycles. The minimum Gasteiger partial charge on any atom is -0.497 e. The van der Waals surface area contributed by atoms with Crippen molar-refractivity contribution in [3.8, 4) is 5.75 Å². The number of nitrogens with zero attached hydrogens (tertiary/aromatic N) is 1. The summed E-state index contributed by atoms with van der Waals surface area (Å²) in [5, 5.41) is 14.8.